The van der Waals surface area contributed by atoms with E-state index in [4.69, 9.17) is 0 Å². The molecule has 96 valence electrons. The van der Waals surface area contributed by atoms with Crippen LogP contribution in [0.2, 0.25) is 0 Å². The normalized spacial score (nSPS) is 24.3. The van der Waals surface area contributed by atoms with Crippen LogP contribution in [0.4, 0.5) is 0 Å². The van der Waals surface area contributed by atoms with Crippen molar-refractivity contribution in [3.63, 3.8) is 0 Å². The molecule has 2 rings (SSSR count). The van der Waals surface area contributed by atoms with Gasteiger partial charge in [-0.05, 0) is 35.8 Å². The summed E-state index contributed by atoms with van der Waals surface area (Å²) in [5.74, 6) is 0.141. The molecule has 6 heteroatoms. The zero-order valence-corrected chi connectivity index (χ0v) is 13.0. The predicted octanol–water partition coefficient (Wildman–Crippen LogP) is 2.75. The summed E-state index contributed by atoms with van der Waals surface area (Å²) in [6, 6.07) is 2.63. The van der Waals surface area contributed by atoms with E-state index in [-0.39, 0.29) is 18.3 Å². The lowest BCUT2D eigenvalue weighted by Crippen LogP contribution is -2.55. The summed E-state index contributed by atoms with van der Waals surface area (Å²) in [5, 5.41) is 5.33. The van der Waals surface area contributed by atoms with Gasteiger partial charge in [-0.15, -0.1) is 23.7 Å². The van der Waals surface area contributed by atoms with Gasteiger partial charge in [0.15, 0.2) is 0 Å². The van der Waals surface area contributed by atoms with Crippen LogP contribution in [-0.2, 0) is 0 Å². The average molecular weight is 340 g/mol. The Hall–Kier alpha value is -0.100. The number of amides is 1. The van der Waals surface area contributed by atoms with Crippen LogP contribution in [0.15, 0.2) is 15.2 Å². The van der Waals surface area contributed by atoms with E-state index in [1.807, 2.05) is 16.3 Å². The first-order valence-corrected chi connectivity index (χ1v) is 7.03. The number of hydrogen-bond acceptors (Lipinski definition) is 3. The third-order valence-corrected chi connectivity index (χ3v) is 4.16. The Morgan fingerprint density at radius 2 is 2.06 bits per heavy atom. The van der Waals surface area contributed by atoms with Gasteiger partial charge in [-0.3, -0.25) is 4.79 Å². The second-order valence-electron chi connectivity index (χ2n) is 4.32. The van der Waals surface area contributed by atoms with Gasteiger partial charge in [0, 0.05) is 30.6 Å². The maximum Gasteiger partial charge on any atom is 0.254 e. The molecule has 0 aliphatic carbocycles. The van der Waals surface area contributed by atoms with Gasteiger partial charge in [-0.2, -0.15) is 0 Å². The molecule has 0 aromatic carbocycles. The molecular formula is C11H16BrClN2OS. The summed E-state index contributed by atoms with van der Waals surface area (Å²) in [6.45, 7) is 5.80. The number of nitrogens with zero attached hydrogens (tertiary/aromatic N) is 1. The molecule has 1 amide bonds. The zero-order valence-electron chi connectivity index (χ0n) is 9.77. The Bertz CT molecular complexity index is 389. The SMILES string of the molecule is CC1CN(C(=O)c2csc(Br)c2)CC(C)N1.Cl. The molecule has 1 aromatic heterocycles. The molecule has 1 N–H and O–H groups in total. The van der Waals surface area contributed by atoms with Crippen molar-refractivity contribution in [3.8, 4) is 0 Å². The van der Waals surface area contributed by atoms with E-state index in [9.17, 15) is 4.79 Å². The fraction of sp³-hybridized carbons (Fsp3) is 0.545. The largest absolute Gasteiger partial charge is 0.336 e. The van der Waals surface area contributed by atoms with Gasteiger partial charge in [-0.1, -0.05) is 0 Å². The molecule has 1 aliphatic rings. The Morgan fingerprint density at radius 3 is 2.53 bits per heavy atom. The van der Waals surface area contributed by atoms with Crippen LogP contribution in [-0.4, -0.2) is 36.0 Å². The van der Waals surface area contributed by atoms with Crippen LogP contribution < -0.4 is 5.32 Å². The van der Waals surface area contributed by atoms with Gasteiger partial charge in [-0.25, -0.2) is 0 Å². The highest BCUT2D eigenvalue weighted by Crippen LogP contribution is 2.22. The number of rotatable bonds is 1. The molecule has 0 radical (unpaired) electrons. The lowest BCUT2D eigenvalue weighted by Gasteiger charge is -2.36. The highest BCUT2D eigenvalue weighted by Gasteiger charge is 2.25. The topological polar surface area (TPSA) is 32.3 Å². The average Bonchev–Trinajstić information content (AvgIpc) is 2.62. The van der Waals surface area contributed by atoms with E-state index in [0.29, 0.717) is 12.1 Å². The molecule has 0 saturated carbocycles. The highest BCUT2D eigenvalue weighted by atomic mass is 79.9. The van der Waals surface area contributed by atoms with Gasteiger partial charge >= 0.3 is 0 Å². The van der Waals surface area contributed by atoms with E-state index in [2.05, 4.69) is 35.1 Å². The second-order valence-corrected chi connectivity index (χ2v) is 6.61. The minimum absolute atomic E-state index is 0. The maximum absolute atomic E-state index is 12.2. The summed E-state index contributed by atoms with van der Waals surface area (Å²) in [5.41, 5.74) is 0.790. The number of nitrogens with one attached hydrogen (secondary N) is 1. The summed E-state index contributed by atoms with van der Waals surface area (Å²) in [6.07, 6.45) is 0. The number of thiophene rings is 1. The first kappa shape index (κ1) is 15.0. The van der Waals surface area contributed by atoms with Crippen LogP contribution in [0.25, 0.3) is 0 Å². The lowest BCUT2D eigenvalue weighted by atomic mass is 10.1. The zero-order chi connectivity index (χ0) is 11.7. The van der Waals surface area contributed by atoms with Gasteiger partial charge < -0.3 is 10.2 Å². The van der Waals surface area contributed by atoms with Crippen molar-refractivity contribution >= 4 is 45.6 Å². The number of piperazine rings is 1. The van der Waals surface area contributed by atoms with E-state index in [0.717, 1.165) is 22.4 Å². The fourth-order valence-corrected chi connectivity index (χ4v) is 3.23. The summed E-state index contributed by atoms with van der Waals surface area (Å²) in [7, 11) is 0. The highest BCUT2D eigenvalue weighted by molar-refractivity contribution is 9.11. The van der Waals surface area contributed by atoms with Crippen molar-refractivity contribution in [1.82, 2.24) is 10.2 Å². The summed E-state index contributed by atoms with van der Waals surface area (Å²) in [4.78, 5) is 14.1. The Labute approximate surface area is 120 Å². The van der Waals surface area contributed by atoms with Gasteiger partial charge in [0.05, 0.1) is 9.35 Å². The van der Waals surface area contributed by atoms with Crippen molar-refractivity contribution in [2.45, 2.75) is 25.9 Å². The number of halogens is 2. The molecule has 2 unspecified atom stereocenters. The van der Waals surface area contributed by atoms with Crippen LogP contribution in [0.1, 0.15) is 24.2 Å². The monoisotopic (exact) mass is 338 g/mol. The molecule has 1 saturated heterocycles. The minimum Gasteiger partial charge on any atom is -0.336 e. The smallest absolute Gasteiger partial charge is 0.254 e. The van der Waals surface area contributed by atoms with E-state index in [1.54, 1.807) is 11.3 Å². The molecule has 2 heterocycles. The van der Waals surface area contributed by atoms with Crippen LogP contribution in [0.3, 0.4) is 0 Å². The first-order valence-electron chi connectivity index (χ1n) is 5.35. The summed E-state index contributed by atoms with van der Waals surface area (Å²) >= 11 is 4.94. The van der Waals surface area contributed by atoms with Crippen molar-refractivity contribution in [1.29, 1.82) is 0 Å². The first-order chi connectivity index (χ1) is 7.56. The maximum atomic E-state index is 12.2. The van der Waals surface area contributed by atoms with Crippen molar-refractivity contribution < 1.29 is 4.79 Å². The van der Waals surface area contributed by atoms with Crippen molar-refractivity contribution in [2.75, 3.05) is 13.1 Å². The van der Waals surface area contributed by atoms with Crippen LogP contribution in [0.5, 0.6) is 0 Å². The molecule has 0 spiro atoms. The lowest BCUT2D eigenvalue weighted by molar-refractivity contribution is 0.0674. The Balaban J connectivity index is 0.00000144. The molecule has 1 aliphatic heterocycles. The third-order valence-electron chi connectivity index (χ3n) is 2.66. The third kappa shape index (κ3) is 3.68. The number of carbonyl (C=O) groups is 1. The second kappa shape index (κ2) is 6.18. The molecule has 1 fully saturated rings. The van der Waals surface area contributed by atoms with Gasteiger partial charge in [0.1, 0.15) is 0 Å². The number of carbonyl (C=O) groups excluding carboxylic acids is 1. The molecule has 3 nitrogen and oxygen atoms in total. The molecule has 1 aromatic rings. The molecule has 17 heavy (non-hydrogen) atoms. The quantitative estimate of drug-likeness (QED) is 0.853. The Morgan fingerprint density at radius 1 is 1.47 bits per heavy atom. The molecule has 0 bridgehead atoms. The van der Waals surface area contributed by atoms with Crippen LogP contribution >= 0.6 is 39.7 Å². The van der Waals surface area contributed by atoms with Crippen LogP contribution in [0, 0.1) is 0 Å². The fourth-order valence-electron chi connectivity index (χ4n) is 2.10. The van der Waals surface area contributed by atoms with Gasteiger partial charge in [0.25, 0.3) is 5.91 Å². The Kier molecular flexibility index (Phi) is 5.44. The van der Waals surface area contributed by atoms with Crippen molar-refractivity contribution in [3.05, 3.63) is 20.8 Å². The minimum atomic E-state index is 0. The predicted molar refractivity (Wildman–Crippen MR) is 77.2 cm³/mol. The standard InChI is InChI=1S/C11H15BrN2OS.ClH/c1-7-4-14(5-8(2)13-7)11(15)9-3-10(12)16-6-9;/h3,6-8,13H,4-5H2,1-2H3;1H. The molecule has 2 atom stereocenters. The number of hydrogen-bond donors (Lipinski definition) is 1. The van der Waals surface area contributed by atoms with E-state index >= 15 is 0 Å². The summed E-state index contributed by atoms with van der Waals surface area (Å²) < 4.78 is 1.01. The van der Waals surface area contributed by atoms with E-state index < -0.39 is 0 Å². The van der Waals surface area contributed by atoms with E-state index in [1.165, 1.54) is 0 Å². The van der Waals surface area contributed by atoms with Gasteiger partial charge in [0.2, 0.25) is 0 Å². The molecular weight excluding hydrogens is 324 g/mol. The van der Waals surface area contributed by atoms with Crippen molar-refractivity contribution in [2.24, 2.45) is 0 Å².